The topological polar surface area (TPSA) is 66.6 Å². The zero-order chi connectivity index (χ0) is 16.4. The minimum Gasteiger partial charge on any atom is -0.369 e. The number of hydrogen-bond donors (Lipinski definition) is 1. The molecule has 2 saturated heterocycles. The van der Waals surface area contributed by atoms with Gasteiger partial charge >= 0.3 is 0 Å². The highest BCUT2D eigenvalue weighted by Gasteiger charge is 2.38. The summed E-state index contributed by atoms with van der Waals surface area (Å²) in [6.45, 7) is 2.36. The average molecular weight is 319 g/mol. The summed E-state index contributed by atoms with van der Waals surface area (Å²) >= 11 is 0. The van der Waals surface area contributed by atoms with E-state index in [1.165, 1.54) is 12.1 Å². The van der Waals surface area contributed by atoms with E-state index in [1.54, 1.807) is 12.1 Å². The number of carbonyl (C=O) groups excluding carboxylic acids is 2. The molecule has 1 aromatic rings. The maximum absolute atomic E-state index is 13.0. The first-order valence-electron chi connectivity index (χ1n) is 8.11. The third-order valence-corrected chi connectivity index (χ3v) is 4.79. The van der Waals surface area contributed by atoms with Crippen molar-refractivity contribution in [1.29, 1.82) is 0 Å². The predicted octanol–water partition coefficient (Wildman–Crippen LogP) is 1.30. The van der Waals surface area contributed by atoms with Crippen LogP contribution >= 0.6 is 0 Å². The molecule has 2 atom stereocenters. The minimum atomic E-state index is -0.355. The monoisotopic (exact) mass is 319 g/mol. The highest BCUT2D eigenvalue weighted by molar-refractivity contribution is 5.81. The average Bonchev–Trinajstić information content (AvgIpc) is 2.48. The fourth-order valence-corrected chi connectivity index (χ4v) is 3.54. The van der Waals surface area contributed by atoms with Gasteiger partial charge < -0.3 is 10.6 Å². The Labute approximate surface area is 135 Å². The van der Waals surface area contributed by atoms with Crippen molar-refractivity contribution >= 4 is 11.8 Å². The lowest BCUT2D eigenvalue weighted by atomic mass is 9.90. The van der Waals surface area contributed by atoms with Crippen molar-refractivity contribution in [3.63, 3.8) is 0 Å². The van der Waals surface area contributed by atoms with Crippen molar-refractivity contribution in [2.24, 2.45) is 11.7 Å². The van der Waals surface area contributed by atoms with Gasteiger partial charge in [-0.2, -0.15) is 0 Å². The molecule has 0 aromatic heterocycles. The summed E-state index contributed by atoms with van der Waals surface area (Å²) in [5.41, 5.74) is 6.23. The quantitative estimate of drug-likeness (QED) is 0.909. The Balaban J connectivity index is 1.63. The Morgan fingerprint density at radius 1 is 1.17 bits per heavy atom. The van der Waals surface area contributed by atoms with Gasteiger partial charge in [0.2, 0.25) is 11.8 Å². The fourth-order valence-electron chi connectivity index (χ4n) is 3.54. The van der Waals surface area contributed by atoms with Gasteiger partial charge in [-0.1, -0.05) is 12.1 Å². The smallest absolute Gasteiger partial charge is 0.231 e. The Bertz CT molecular complexity index is 590. The predicted molar refractivity (Wildman–Crippen MR) is 83.8 cm³/mol. The summed E-state index contributed by atoms with van der Waals surface area (Å²) < 4.78 is 13.0. The first-order valence-corrected chi connectivity index (χ1v) is 8.11. The largest absolute Gasteiger partial charge is 0.369 e. The number of amides is 2. The summed E-state index contributed by atoms with van der Waals surface area (Å²) in [4.78, 5) is 27.7. The summed E-state index contributed by atoms with van der Waals surface area (Å²) in [5, 5.41) is 0. The molecule has 5 nitrogen and oxygen atoms in total. The van der Waals surface area contributed by atoms with Crippen molar-refractivity contribution in [3.8, 4) is 0 Å². The number of piperidine rings is 1. The lowest BCUT2D eigenvalue weighted by molar-refractivity contribution is -0.146. The van der Waals surface area contributed by atoms with E-state index in [4.69, 9.17) is 5.73 Å². The standard InChI is InChI=1S/C17H22FN3O2/c18-14-5-3-12(4-6-14)15-7-9-21(15)17(23)13-2-1-8-20(10-13)11-16(19)22/h3-6,13,15H,1-2,7-11H2,(H2,19,22). The Kier molecular flexibility index (Phi) is 4.61. The maximum atomic E-state index is 13.0. The van der Waals surface area contributed by atoms with Gasteiger partial charge in [0.05, 0.1) is 18.5 Å². The number of nitrogens with two attached hydrogens (primary N) is 1. The summed E-state index contributed by atoms with van der Waals surface area (Å²) in [6, 6.07) is 6.42. The number of carbonyl (C=O) groups is 2. The van der Waals surface area contributed by atoms with Crippen molar-refractivity contribution in [1.82, 2.24) is 9.80 Å². The molecular formula is C17H22FN3O2. The molecule has 23 heavy (non-hydrogen) atoms. The Hall–Kier alpha value is -1.95. The second kappa shape index (κ2) is 6.66. The SMILES string of the molecule is NC(=O)CN1CCCC(C(=O)N2CCC2c2ccc(F)cc2)C1. The van der Waals surface area contributed by atoms with Gasteiger partial charge in [-0.05, 0) is 43.5 Å². The number of halogens is 1. The highest BCUT2D eigenvalue weighted by Crippen LogP contribution is 2.35. The van der Waals surface area contributed by atoms with E-state index >= 15 is 0 Å². The molecule has 1 aromatic carbocycles. The van der Waals surface area contributed by atoms with Crippen LogP contribution in [0.4, 0.5) is 4.39 Å². The molecule has 2 aliphatic heterocycles. The molecular weight excluding hydrogens is 297 g/mol. The summed E-state index contributed by atoms with van der Waals surface area (Å²) in [7, 11) is 0. The van der Waals surface area contributed by atoms with Crippen molar-refractivity contribution in [2.45, 2.75) is 25.3 Å². The normalized spacial score (nSPS) is 25.0. The van der Waals surface area contributed by atoms with Gasteiger partial charge in [-0.3, -0.25) is 14.5 Å². The maximum Gasteiger partial charge on any atom is 0.231 e. The zero-order valence-corrected chi connectivity index (χ0v) is 13.1. The van der Waals surface area contributed by atoms with Gasteiger partial charge in [-0.25, -0.2) is 4.39 Å². The van der Waals surface area contributed by atoms with Crippen molar-refractivity contribution in [3.05, 3.63) is 35.6 Å². The van der Waals surface area contributed by atoms with Crippen LogP contribution < -0.4 is 5.73 Å². The van der Waals surface area contributed by atoms with Crippen LogP contribution in [0.15, 0.2) is 24.3 Å². The molecule has 0 radical (unpaired) electrons. The van der Waals surface area contributed by atoms with E-state index in [0.29, 0.717) is 6.54 Å². The van der Waals surface area contributed by atoms with Crippen LogP contribution in [0.25, 0.3) is 0 Å². The van der Waals surface area contributed by atoms with Crippen LogP contribution in [0.5, 0.6) is 0 Å². The second-order valence-electron chi connectivity index (χ2n) is 6.43. The molecule has 2 amide bonds. The molecule has 2 fully saturated rings. The molecule has 0 bridgehead atoms. The molecule has 124 valence electrons. The van der Waals surface area contributed by atoms with Crippen molar-refractivity contribution < 1.29 is 14.0 Å². The van der Waals surface area contributed by atoms with Crippen LogP contribution in [0, 0.1) is 11.7 Å². The Morgan fingerprint density at radius 2 is 1.91 bits per heavy atom. The van der Waals surface area contributed by atoms with Crippen LogP contribution in [-0.2, 0) is 9.59 Å². The van der Waals surface area contributed by atoms with E-state index in [1.807, 2.05) is 9.80 Å². The van der Waals surface area contributed by atoms with E-state index in [-0.39, 0.29) is 36.1 Å². The first kappa shape index (κ1) is 15.9. The zero-order valence-electron chi connectivity index (χ0n) is 13.1. The number of benzene rings is 1. The lowest BCUT2D eigenvalue weighted by Crippen LogP contribution is -2.52. The highest BCUT2D eigenvalue weighted by atomic mass is 19.1. The van der Waals surface area contributed by atoms with Gasteiger partial charge in [0.25, 0.3) is 0 Å². The molecule has 3 rings (SSSR count). The molecule has 0 saturated carbocycles. The van der Waals surface area contributed by atoms with Gasteiger partial charge in [-0.15, -0.1) is 0 Å². The van der Waals surface area contributed by atoms with E-state index in [2.05, 4.69) is 0 Å². The molecule has 6 heteroatoms. The second-order valence-corrected chi connectivity index (χ2v) is 6.43. The molecule has 0 aliphatic carbocycles. The van der Waals surface area contributed by atoms with E-state index in [0.717, 1.165) is 37.9 Å². The number of primary amides is 1. The molecule has 2 unspecified atom stereocenters. The van der Waals surface area contributed by atoms with Crippen LogP contribution in [-0.4, -0.2) is 47.8 Å². The van der Waals surface area contributed by atoms with E-state index < -0.39 is 0 Å². The number of likely N-dealkylation sites (tertiary alicyclic amines) is 2. The van der Waals surface area contributed by atoms with Gasteiger partial charge in [0.15, 0.2) is 0 Å². The van der Waals surface area contributed by atoms with E-state index in [9.17, 15) is 14.0 Å². The van der Waals surface area contributed by atoms with Crippen LogP contribution in [0.2, 0.25) is 0 Å². The van der Waals surface area contributed by atoms with Crippen LogP contribution in [0.3, 0.4) is 0 Å². The molecule has 2 N–H and O–H groups in total. The third kappa shape index (κ3) is 3.52. The number of nitrogens with zero attached hydrogens (tertiary/aromatic N) is 2. The summed E-state index contributed by atoms with van der Waals surface area (Å²) in [5.74, 6) is -0.558. The summed E-state index contributed by atoms with van der Waals surface area (Å²) in [6.07, 6.45) is 2.66. The minimum absolute atomic E-state index is 0.0506. The molecule has 2 aliphatic rings. The third-order valence-electron chi connectivity index (χ3n) is 4.79. The van der Waals surface area contributed by atoms with Gasteiger partial charge in [0.1, 0.15) is 5.82 Å². The lowest BCUT2D eigenvalue weighted by Gasteiger charge is -2.44. The van der Waals surface area contributed by atoms with Gasteiger partial charge in [0, 0.05) is 13.1 Å². The molecule has 2 heterocycles. The number of rotatable bonds is 4. The number of hydrogen-bond acceptors (Lipinski definition) is 3. The molecule has 0 spiro atoms. The Morgan fingerprint density at radius 3 is 2.52 bits per heavy atom. The van der Waals surface area contributed by atoms with Crippen LogP contribution in [0.1, 0.15) is 30.9 Å². The fraction of sp³-hybridized carbons (Fsp3) is 0.529. The first-order chi connectivity index (χ1) is 11.0. The van der Waals surface area contributed by atoms with Crippen molar-refractivity contribution in [2.75, 3.05) is 26.2 Å².